The normalized spacial score (nSPS) is 35.5. The third kappa shape index (κ3) is 1.97. The van der Waals surface area contributed by atoms with E-state index in [9.17, 15) is 19.8 Å². The van der Waals surface area contributed by atoms with E-state index in [1.54, 1.807) is 6.07 Å². The molecule has 1 aromatic rings. The van der Waals surface area contributed by atoms with E-state index in [-0.39, 0.29) is 16.5 Å². The van der Waals surface area contributed by atoms with E-state index in [2.05, 4.69) is 0 Å². The summed E-state index contributed by atoms with van der Waals surface area (Å²) in [5.74, 6) is 0.00877. The number of carboxylic acids is 2. The van der Waals surface area contributed by atoms with Crippen LogP contribution in [0.5, 0.6) is 0 Å². The number of carbonyl (C=O) groups is 2. The molecule has 22 heavy (non-hydrogen) atoms. The predicted molar refractivity (Wildman–Crippen MR) is 80.2 cm³/mol. The summed E-state index contributed by atoms with van der Waals surface area (Å²) in [4.78, 5) is 22.7. The molecule has 0 amide bonds. The van der Waals surface area contributed by atoms with Gasteiger partial charge in [-0.15, -0.1) is 0 Å². The van der Waals surface area contributed by atoms with E-state index in [1.807, 2.05) is 6.07 Å². The van der Waals surface area contributed by atoms with Gasteiger partial charge < -0.3 is 10.2 Å². The maximum atomic E-state index is 11.4. The van der Waals surface area contributed by atoms with E-state index < -0.39 is 11.9 Å². The number of hydrogen-bond acceptors (Lipinski definition) is 2. The van der Waals surface area contributed by atoms with Crippen molar-refractivity contribution < 1.29 is 19.8 Å². The molecule has 2 N–H and O–H groups in total. The highest BCUT2D eigenvalue weighted by molar-refractivity contribution is 6.01. The third-order valence-electron chi connectivity index (χ3n) is 6.13. The molecule has 0 aromatic heterocycles. The van der Waals surface area contributed by atoms with E-state index >= 15 is 0 Å². The Morgan fingerprint density at radius 3 is 1.82 bits per heavy atom. The number of rotatable bonds is 3. The van der Waals surface area contributed by atoms with Crippen LogP contribution < -0.4 is 0 Å². The second-order valence-electron chi connectivity index (χ2n) is 7.57. The molecule has 0 atom stereocenters. The molecule has 4 saturated carbocycles. The molecule has 0 saturated heterocycles. The molecule has 116 valence electrons. The van der Waals surface area contributed by atoms with Gasteiger partial charge in [0.25, 0.3) is 0 Å². The molecule has 4 fully saturated rings. The largest absolute Gasteiger partial charge is 0.478 e. The van der Waals surface area contributed by atoms with E-state index in [0.717, 1.165) is 42.6 Å². The average molecular weight is 300 g/mol. The lowest BCUT2D eigenvalue weighted by molar-refractivity contribution is -0.00524. The molecule has 1 aromatic carbocycles. The van der Waals surface area contributed by atoms with Gasteiger partial charge in [-0.3, -0.25) is 0 Å². The van der Waals surface area contributed by atoms with Crippen LogP contribution in [0.15, 0.2) is 18.2 Å². The first kappa shape index (κ1) is 13.8. The first-order valence-corrected chi connectivity index (χ1v) is 8.08. The van der Waals surface area contributed by atoms with Crippen molar-refractivity contribution in [3.63, 3.8) is 0 Å². The van der Waals surface area contributed by atoms with Gasteiger partial charge in [0.2, 0.25) is 0 Å². The topological polar surface area (TPSA) is 74.6 Å². The summed E-state index contributed by atoms with van der Waals surface area (Å²) in [6, 6.07) is 4.99. The fourth-order valence-corrected chi connectivity index (χ4v) is 5.70. The van der Waals surface area contributed by atoms with Gasteiger partial charge >= 0.3 is 11.9 Å². The van der Waals surface area contributed by atoms with Crippen molar-refractivity contribution in [2.24, 2.45) is 17.8 Å². The molecule has 4 aliphatic rings. The zero-order chi connectivity index (χ0) is 15.5. The second-order valence-corrected chi connectivity index (χ2v) is 7.57. The molecule has 4 heteroatoms. The SMILES string of the molecule is O=C(O)c1ccc(C23CC4CC(CC(C4)C2)C3)cc1C(=O)O. The van der Waals surface area contributed by atoms with Crippen LogP contribution in [0.25, 0.3) is 0 Å². The van der Waals surface area contributed by atoms with Gasteiger partial charge in [-0.05, 0) is 79.4 Å². The van der Waals surface area contributed by atoms with Gasteiger partial charge in [0, 0.05) is 0 Å². The zero-order valence-corrected chi connectivity index (χ0v) is 12.4. The molecule has 0 aliphatic heterocycles. The number of hydrogen-bond donors (Lipinski definition) is 2. The maximum Gasteiger partial charge on any atom is 0.336 e. The fraction of sp³-hybridized carbons (Fsp3) is 0.556. The van der Waals surface area contributed by atoms with Crippen LogP contribution in [0.4, 0.5) is 0 Å². The molecule has 4 nitrogen and oxygen atoms in total. The van der Waals surface area contributed by atoms with Crippen molar-refractivity contribution in [1.82, 2.24) is 0 Å². The van der Waals surface area contributed by atoms with Crippen LogP contribution in [0.2, 0.25) is 0 Å². The first-order chi connectivity index (χ1) is 10.5. The standard InChI is InChI=1S/C18H20O4/c19-16(20)14-2-1-13(6-15(14)17(21)22)18-7-10-3-11(8-18)5-12(4-10)9-18/h1-2,6,10-12H,3-5,7-9H2,(H,19,20)(H,21,22). The molecule has 5 rings (SSSR count). The van der Waals surface area contributed by atoms with Gasteiger partial charge in [-0.1, -0.05) is 6.07 Å². The summed E-state index contributed by atoms with van der Waals surface area (Å²) in [5, 5.41) is 18.5. The van der Waals surface area contributed by atoms with Gasteiger partial charge in [0.15, 0.2) is 0 Å². The minimum atomic E-state index is -1.17. The summed E-state index contributed by atoms with van der Waals surface area (Å²) < 4.78 is 0. The van der Waals surface area contributed by atoms with Crippen LogP contribution in [-0.4, -0.2) is 22.2 Å². The highest BCUT2D eigenvalue weighted by atomic mass is 16.4. The highest BCUT2D eigenvalue weighted by Gasteiger charge is 2.51. The number of aromatic carboxylic acids is 2. The Kier molecular flexibility index (Phi) is 2.87. The van der Waals surface area contributed by atoms with Crippen LogP contribution in [0, 0.1) is 17.8 Å². The van der Waals surface area contributed by atoms with Crippen molar-refractivity contribution in [3.05, 3.63) is 34.9 Å². The summed E-state index contributed by atoms with van der Waals surface area (Å²) in [6.45, 7) is 0. The molecule has 4 aliphatic carbocycles. The van der Waals surface area contributed by atoms with Crippen LogP contribution >= 0.6 is 0 Å². The van der Waals surface area contributed by atoms with Crippen LogP contribution in [-0.2, 0) is 5.41 Å². The fourth-order valence-electron chi connectivity index (χ4n) is 5.70. The lowest BCUT2D eigenvalue weighted by Crippen LogP contribution is -2.48. The molecule has 4 bridgehead atoms. The minimum Gasteiger partial charge on any atom is -0.478 e. The predicted octanol–water partition coefficient (Wildman–Crippen LogP) is 3.55. The second kappa shape index (κ2) is 4.58. The van der Waals surface area contributed by atoms with E-state index in [4.69, 9.17) is 0 Å². The number of benzene rings is 1. The Labute approximate surface area is 129 Å². The Balaban J connectivity index is 1.78. The van der Waals surface area contributed by atoms with Gasteiger partial charge in [-0.25, -0.2) is 9.59 Å². The Morgan fingerprint density at radius 2 is 1.36 bits per heavy atom. The Morgan fingerprint density at radius 1 is 0.864 bits per heavy atom. The van der Waals surface area contributed by atoms with Crippen molar-refractivity contribution in [3.8, 4) is 0 Å². The first-order valence-electron chi connectivity index (χ1n) is 8.08. The number of carboxylic acid groups (broad SMARTS) is 2. The molecule has 0 heterocycles. The minimum absolute atomic E-state index is 0.0688. The van der Waals surface area contributed by atoms with Gasteiger partial charge in [0.05, 0.1) is 11.1 Å². The summed E-state index contributed by atoms with van der Waals surface area (Å²) in [5.41, 5.74) is 0.964. The van der Waals surface area contributed by atoms with Gasteiger partial charge in [0.1, 0.15) is 0 Å². The summed E-state index contributed by atoms with van der Waals surface area (Å²) in [6.07, 6.45) is 7.42. The van der Waals surface area contributed by atoms with E-state index in [0.29, 0.717) is 0 Å². The molecular formula is C18H20O4. The molecular weight excluding hydrogens is 280 g/mol. The third-order valence-corrected chi connectivity index (χ3v) is 6.13. The lowest BCUT2D eigenvalue weighted by atomic mass is 9.48. The van der Waals surface area contributed by atoms with Crippen LogP contribution in [0.1, 0.15) is 64.8 Å². The van der Waals surface area contributed by atoms with Crippen molar-refractivity contribution >= 4 is 11.9 Å². The monoisotopic (exact) mass is 300 g/mol. The smallest absolute Gasteiger partial charge is 0.336 e. The Bertz CT molecular complexity index is 626. The highest BCUT2D eigenvalue weighted by Crippen LogP contribution is 2.60. The molecule has 0 spiro atoms. The molecule has 0 unspecified atom stereocenters. The van der Waals surface area contributed by atoms with Crippen LogP contribution in [0.3, 0.4) is 0 Å². The van der Waals surface area contributed by atoms with Crippen molar-refractivity contribution in [2.45, 2.75) is 43.9 Å². The maximum absolute atomic E-state index is 11.4. The average Bonchev–Trinajstić information content (AvgIpc) is 2.45. The molecule has 0 radical (unpaired) electrons. The Hall–Kier alpha value is -1.84. The zero-order valence-electron chi connectivity index (χ0n) is 12.4. The van der Waals surface area contributed by atoms with Gasteiger partial charge in [-0.2, -0.15) is 0 Å². The van der Waals surface area contributed by atoms with E-state index in [1.165, 1.54) is 25.3 Å². The van der Waals surface area contributed by atoms with Crippen molar-refractivity contribution in [1.29, 1.82) is 0 Å². The lowest BCUT2D eigenvalue weighted by Gasteiger charge is -2.57. The quantitative estimate of drug-likeness (QED) is 0.895. The van der Waals surface area contributed by atoms with Crippen molar-refractivity contribution in [2.75, 3.05) is 0 Å². The summed E-state index contributed by atoms with van der Waals surface area (Å²) >= 11 is 0. The summed E-state index contributed by atoms with van der Waals surface area (Å²) in [7, 11) is 0.